The van der Waals surface area contributed by atoms with Crippen LogP contribution in [0.3, 0.4) is 0 Å². The van der Waals surface area contributed by atoms with E-state index in [2.05, 4.69) is 6.58 Å². The molecule has 0 fully saturated rings. The number of hydrogen-bond donors (Lipinski definition) is 2. The molecule has 3 nitrogen and oxygen atoms in total. The number of rotatable bonds is 6. The summed E-state index contributed by atoms with van der Waals surface area (Å²) in [6.45, 7) is 11.4. The second-order valence-corrected chi connectivity index (χ2v) is 5.46. The van der Waals surface area contributed by atoms with E-state index in [1.165, 1.54) is 0 Å². The molecular formula is C16H24O3. The predicted molar refractivity (Wildman–Crippen MR) is 78.2 cm³/mol. The largest absolute Gasteiger partial charge is 0.491 e. The number of aliphatic hydroxyl groups excluding tert-OH is 1. The monoisotopic (exact) mass is 264 g/mol. The predicted octanol–water partition coefficient (Wildman–Crippen LogP) is 3.10. The zero-order valence-electron chi connectivity index (χ0n) is 12.2. The summed E-state index contributed by atoms with van der Waals surface area (Å²) in [5.41, 5.74) is 1.68. The summed E-state index contributed by atoms with van der Waals surface area (Å²) in [6, 6.07) is 5.58. The number of ether oxygens (including phenoxy) is 1. The van der Waals surface area contributed by atoms with E-state index in [9.17, 15) is 10.2 Å². The van der Waals surface area contributed by atoms with Gasteiger partial charge in [0.1, 0.15) is 12.4 Å². The van der Waals surface area contributed by atoms with Crippen molar-refractivity contribution in [2.75, 3.05) is 6.61 Å². The lowest BCUT2D eigenvalue weighted by Gasteiger charge is -2.21. The average Bonchev–Trinajstić information content (AvgIpc) is 2.34. The van der Waals surface area contributed by atoms with Gasteiger partial charge in [0, 0.05) is 0 Å². The minimum absolute atomic E-state index is 0.251. The maximum absolute atomic E-state index is 10.1. The molecule has 0 aliphatic heterocycles. The maximum Gasteiger partial charge on any atom is 0.120 e. The van der Waals surface area contributed by atoms with Crippen LogP contribution in [0.25, 0.3) is 5.57 Å². The maximum atomic E-state index is 10.1. The van der Waals surface area contributed by atoms with Crippen LogP contribution >= 0.6 is 0 Å². The van der Waals surface area contributed by atoms with Crippen molar-refractivity contribution in [3.63, 3.8) is 0 Å². The Morgan fingerprint density at radius 1 is 1.37 bits per heavy atom. The lowest BCUT2D eigenvalue weighted by Crippen LogP contribution is -2.18. The number of hydrogen-bond acceptors (Lipinski definition) is 3. The molecule has 0 saturated heterocycles. The summed E-state index contributed by atoms with van der Waals surface area (Å²) in [5, 5.41) is 19.6. The van der Waals surface area contributed by atoms with Crippen LogP contribution in [0.2, 0.25) is 0 Å². The average molecular weight is 264 g/mol. The van der Waals surface area contributed by atoms with E-state index in [-0.39, 0.29) is 6.61 Å². The Morgan fingerprint density at radius 2 is 2.00 bits per heavy atom. The van der Waals surface area contributed by atoms with Crippen LogP contribution in [-0.2, 0) is 5.60 Å². The van der Waals surface area contributed by atoms with Gasteiger partial charge in [0.15, 0.2) is 0 Å². The minimum Gasteiger partial charge on any atom is -0.491 e. The molecule has 1 atom stereocenters. The van der Waals surface area contributed by atoms with E-state index in [1.54, 1.807) is 19.9 Å². The fraction of sp³-hybridized carbons (Fsp3) is 0.500. The lowest BCUT2D eigenvalue weighted by atomic mass is 9.94. The quantitative estimate of drug-likeness (QED) is 0.830. The SMILES string of the molecule is C=C(C)c1cc(OC[C@H](O)CC)cc(C(C)(C)O)c1. The molecule has 0 aliphatic rings. The number of aliphatic hydroxyl groups is 2. The fourth-order valence-electron chi connectivity index (χ4n) is 1.59. The molecule has 19 heavy (non-hydrogen) atoms. The highest BCUT2D eigenvalue weighted by atomic mass is 16.5. The third kappa shape index (κ3) is 4.69. The third-order valence-electron chi connectivity index (χ3n) is 3.02. The topological polar surface area (TPSA) is 49.7 Å². The Hall–Kier alpha value is -1.32. The van der Waals surface area contributed by atoms with E-state index in [0.717, 1.165) is 16.7 Å². The van der Waals surface area contributed by atoms with Gasteiger partial charge in [-0.3, -0.25) is 0 Å². The van der Waals surface area contributed by atoms with Crippen molar-refractivity contribution < 1.29 is 14.9 Å². The van der Waals surface area contributed by atoms with Crippen molar-refractivity contribution in [3.05, 3.63) is 35.9 Å². The summed E-state index contributed by atoms with van der Waals surface area (Å²) in [6.07, 6.45) is 0.178. The summed E-state index contributed by atoms with van der Waals surface area (Å²) in [5.74, 6) is 0.644. The van der Waals surface area contributed by atoms with Crippen molar-refractivity contribution in [1.29, 1.82) is 0 Å². The molecule has 0 saturated carbocycles. The normalized spacial score (nSPS) is 13.2. The van der Waals surface area contributed by atoms with E-state index in [4.69, 9.17) is 4.74 Å². The number of allylic oxidation sites excluding steroid dienone is 1. The van der Waals surface area contributed by atoms with Crippen LogP contribution in [0, 0.1) is 0 Å². The highest BCUT2D eigenvalue weighted by Crippen LogP contribution is 2.28. The molecule has 3 heteroatoms. The van der Waals surface area contributed by atoms with Crippen LogP contribution in [0.4, 0.5) is 0 Å². The first-order chi connectivity index (χ1) is 8.74. The molecule has 0 amide bonds. The zero-order valence-corrected chi connectivity index (χ0v) is 12.2. The molecule has 106 valence electrons. The molecule has 2 N–H and O–H groups in total. The summed E-state index contributed by atoms with van der Waals surface area (Å²) in [7, 11) is 0. The molecule has 0 bridgehead atoms. The van der Waals surface area contributed by atoms with Crippen LogP contribution in [0.1, 0.15) is 45.2 Å². The first-order valence-corrected chi connectivity index (χ1v) is 6.58. The zero-order chi connectivity index (χ0) is 14.6. The van der Waals surface area contributed by atoms with E-state index >= 15 is 0 Å². The van der Waals surface area contributed by atoms with Gasteiger partial charge in [-0.15, -0.1) is 0 Å². The standard InChI is InChI=1S/C16H24O3/c1-6-14(17)10-19-15-8-12(11(2)3)7-13(9-15)16(4,5)18/h7-9,14,17-18H,2,6,10H2,1,3-5H3/t14-/m1/s1. The minimum atomic E-state index is -0.938. The van der Waals surface area contributed by atoms with E-state index in [1.807, 2.05) is 26.0 Å². The van der Waals surface area contributed by atoms with Crippen molar-refractivity contribution >= 4 is 5.57 Å². The molecule has 0 heterocycles. The van der Waals surface area contributed by atoms with E-state index < -0.39 is 11.7 Å². The van der Waals surface area contributed by atoms with Crippen LogP contribution in [-0.4, -0.2) is 22.9 Å². The molecular weight excluding hydrogens is 240 g/mol. The molecule has 0 aromatic heterocycles. The summed E-state index contributed by atoms with van der Waals surface area (Å²) in [4.78, 5) is 0. The van der Waals surface area contributed by atoms with Crippen LogP contribution in [0.15, 0.2) is 24.8 Å². The molecule has 1 rings (SSSR count). The third-order valence-corrected chi connectivity index (χ3v) is 3.02. The molecule has 0 aliphatic carbocycles. The molecule has 0 unspecified atom stereocenters. The van der Waals surface area contributed by atoms with Gasteiger partial charge in [-0.1, -0.05) is 19.1 Å². The second kappa shape index (κ2) is 6.22. The number of benzene rings is 1. The molecule has 0 spiro atoms. The smallest absolute Gasteiger partial charge is 0.120 e. The van der Waals surface area contributed by atoms with Crippen molar-refractivity contribution in [1.82, 2.24) is 0 Å². The Morgan fingerprint density at radius 3 is 2.47 bits per heavy atom. The first-order valence-electron chi connectivity index (χ1n) is 6.58. The summed E-state index contributed by atoms with van der Waals surface area (Å²) >= 11 is 0. The lowest BCUT2D eigenvalue weighted by molar-refractivity contribution is 0.0775. The van der Waals surface area contributed by atoms with Crippen LogP contribution < -0.4 is 4.74 Å². The van der Waals surface area contributed by atoms with Gasteiger partial charge < -0.3 is 14.9 Å². The van der Waals surface area contributed by atoms with Gasteiger partial charge in [0.05, 0.1) is 11.7 Å². The Kier molecular flexibility index (Phi) is 5.15. The van der Waals surface area contributed by atoms with Gasteiger partial charge in [-0.05, 0) is 56.5 Å². The second-order valence-electron chi connectivity index (χ2n) is 5.46. The first kappa shape index (κ1) is 15.7. The molecule has 1 aromatic carbocycles. The Labute approximate surface area is 115 Å². The fourth-order valence-corrected chi connectivity index (χ4v) is 1.59. The molecule has 0 radical (unpaired) electrons. The highest BCUT2D eigenvalue weighted by molar-refractivity contribution is 5.64. The van der Waals surface area contributed by atoms with E-state index in [0.29, 0.717) is 12.2 Å². The van der Waals surface area contributed by atoms with Crippen molar-refractivity contribution in [2.24, 2.45) is 0 Å². The highest BCUT2D eigenvalue weighted by Gasteiger charge is 2.18. The summed E-state index contributed by atoms with van der Waals surface area (Å²) < 4.78 is 5.58. The van der Waals surface area contributed by atoms with Gasteiger partial charge in [0.25, 0.3) is 0 Å². The Balaban J connectivity index is 3.03. The Bertz CT molecular complexity index is 444. The van der Waals surface area contributed by atoms with Gasteiger partial charge in [-0.2, -0.15) is 0 Å². The van der Waals surface area contributed by atoms with Gasteiger partial charge in [0.2, 0.25) is 0 Å². The van der Waals surface area contributed by atoms with Crippen molar-refractivity contribution in [2.45, 2.75) is 45.8 Å². The molecule has 1 aromatic rings. The van der Waals surface area contributed by atoms with Crippen molar-refractivity contribution in [3.8, 4) is 5.75 Å². The van der Waals surface area contributed by atoms with Gasteiger partial charge in [-0.25, -0.2) is 0 Å². The van der Waals surface area contributed by atoms with Gasteiger partial charge >= 0.3 is 0 Å². The van der Waals surface area contributed by atoms with Crippen LogP contribution in [0.5, 0.6) is 5.75 Å².